The van der Waals surface area contributed by atoms with Crippen LogP contribution in [0.5, 0.6) is 0 Å². The fraction of sp³-hybridized carbons (Fsp3) is 0.571. The largest absolute Gasteiger partial charge is 0.481 e. The summed E-state index contributed by atoms with van der Waals surface area (Å²) in [5, 5.41) is 29.7. The van der Waals surface area contributed by atoms with Crippen LogP contribution in [0.15, 0.2) is 0 Å². The van der Waals surface area contributed by atoms with Gasteiger partial charge >= 0.3 is 17.9 Å². The van der Waals surface area contributed by atoms with Crippen molar-refractivity contribution in [3.05, 3.63) is 0 Å². The standard InChI is InChI=1S/C4H6O7S.C3H6O3/c5-3(6)1-2(4(7)8)12(9,10)11;1-2(4)3(5)6/h2H,1H2,(H,5,6)(H,7,8)(H,9,10,11);2,4H,1H3,(H,5,6). The summed E-state index contributed by atoms with van der Waals surface area (Å²) in [4.78, 5) is 29.5. The molecule has 0 radical (unpaired) electrons. The molecule has 0 saturated carbocycles. The molecule has 0 saturated heterocycles. The molecule has 0 heterocycles. The zero-order valence-corrected chi connectivity index (χ0v) is 9.86. The van der Waals surface area contributed by atoms with Crippen LogP contribution in [-0.2, 0) is 24.5 Å². The average Bonchev–Trinajstić information content (AvgIpc) is 2.12. The highest BCUT2D eigenvalue weighted by atomic mass is 32.2. The first kappa shape index (κ1) is 18.6. The average molecular weight is 288 g/mol. The van der Waals surface area contributed by atoms with Gasteiger partial charge in [-0.1, -0.05) is 0 Å². The van der Waals surface area contributed by atoms with Crippen molar-refractivity contribution in [3.63, 3.8) is 0 Å². The van der Waals surface area contributed by atoms with Gasteiger partial charge in [-0.15, -0.1) is 0 Å². The third kappa shape index (κ3) is 9.50. The summed E-state index contributed by atoms with van der Waals surface area (Å²) in [7, 11) is -4.84. The van der Waals surface area contributed by atoms with E-state index < -0.39 is 45.8 Å². The third-order valence-electron chi connectivity index (χ3n) is 1.35. The van der Waals surface area contributed by atoms with E-state index >= 15 is 0 Å². The number of carboxylic acids is 3. The SMILES string of the molecule is CC(O)C(=O)O.O=C(O)CC(C(=O)O)S(=O)(=O)O. The Hall–Kier alpha value is -1.72. The Morgan fingerprint density at radius 2 is 1.39 bits per heavy atom. The van der Waals surface area contributed by atoms with Gasteiger partial charge in [0.2, 0.25) is 0 Å². The van der Waals surface area contributed by atoms with E-state index in [9.17, 15) is 22.8 Å². The third-order valence-corrected chi connectivity index (χ3v) is 2.44. The zero-order chi connectivity index (χ0) is 15.1. The van der Waals surface area contributed by atoms with Crippen molar-refractivity contribution in [2.45, 2.75) is 24.7 Å². The minimum atomic E-state index is -4.84. The van der Waals surface area contributed by atoms with Gasteiger partial charge in [-0.3, -0.25) is 14.1 Å². The Kier molecular flexibility index (Phi) is 7.85. The summed E-state index contributed by atoms with van der Waals surface area (Å²) in [6.07, 6.45) is -2.39. The molecule has 0 aromatic heterocycles. The molecule has 5 N–H and O–H groups in total. The normalized spacial score (nSPS) is 13.7. The molecule has 10 nitrogen and oxygen atoms in total. The molecule has 106 valence electrons. The lowest BCUT2D eigenvalue weighted by molar-refractivity contribution is -0.145. The first-order valence-electron chi connectivity index (χ1n) is 4.21. The van der Waals surface area contributed by atoms with Crippen LogP contribution in [0, 0.1) is 0 Å². The molecule has 0 bridgehead atoms. The van der Waals surface area contributed by atoms with Gasteiger partial charge in [-0.25, -0.2) is 4.79 Å². The van der Waals surface area contributed by atoms with Gasteiger partial charge in [0.05, 0.1) is 6.42 Å². The van der Waals surface area contributed by atoms with Crippen molar-refractivity contribution in [1.29, 1.82) is 0 Å². The van der Waals surface area contributed by atoms with Crippen molar-refractivity contribution in [3.8, 4) is 0 Å². The van der Waals surface area contributed by atoms with Gasteiger partial charge < -0.3 is 20.4 Å². The van der Waals surface area contributed by atoms with Crippen LogP contribution in [0.4, 0.5) is 0 Å². The van der Waals surface area contributed by atoms with Crippen LogP contribution < -0.4 is 0 Å². The van der Waals surface area contributed by atoms with E-state index in [4.69, 9.17) is 25.0 Å². The van der Waals surface area contributed by atoms with E-state index in [2.05, 4.69) is 0 Å². The Labute approximate surface area is 101 Å². The number of carbonyl (C=O) groups is 3. The maximum absolute atomic E-state index is 10.2. The number of aliphatic hydroxyl groups is 1. The molecule has 2 unspecified atom stereocenters. The van der Waals surface area contributed by atoms with Crippen molar-refractivity contribution in [2.24, 2.45) is 0 Å². The zero-order valence-electron chi connectivity index (χ0n) is 9.05. The Balaban J connectivity index is 0. The second-order valence-corrected chi connectivity index (χ2v) is 4.55. The van der Waals surface area contributed by atoms with Gasteiger partial charge in [-0.05, 0) is 6.92 Å². The van der Waals surface area contributed by atoms with Crippen molar-refractivity contribution >= 4 is 28.0 Å². The quantitative estimate of drug-likeness (QED) is 0.363. The molecule has 0 spiro atoms. The summed E-state index contributed by atoms with van der Waals surface area (Å²) in [5.74, 6) is -4.69. The molecule has 0 aliphatic rings. The van der Waals surface area contributed by atoms with E-state index in [1.807, 2.05) is 0 Å². The van der Waals surface area contributed by atoms with E-state index in [0.717, 1.165) is 0 Å². The van der Waals surface area contributed by atoms with Gasteiger partial charge in [0.1, 0.15) is 6.10 Å². The Bertz CT molecular complexity index is 408. The minimum absolute atomic E-state index is 1.16. The van der Waals surface area contributed by atoms with Crippen LogP contribution in [0.2, 0.25) is 0 Å². The fourth-order valence-electron chi connectivity index (χ4n) is 0.479. The van der Waals surface area contributed by atoms with Gasteiger partial charge in [0, 0.05) is 0 Å². The Morgan fingerprint density at radius 3 is 1.44 bits per heavy atom. The smallest absolute Gasteiger partial charge is 0.332 e. The van der Waals surface area contributed by atoms with Crippen molar-refractivity contribution < 1.29 is 47.8 Å². The second-order valence-electron chi connectivity index (χ2n) is 2.95. The lowest BCUT2D eigenvalue weighted by atomic mass is 10.3. The Morgan fingerprint density at radius 1 is 1.06 bits per heavy atom. The molecule has 0 fully saturated rings. The van der Waals surface area contributed by atoms with E-state index in [0.29, 0.717) is 0 Å². The summed E-state index contributed by atoms with van der Waals surface area (Å²) >= 11 is 0. The molecule has 11 heteroatoms. The van der Waals surface area contributed by atoms with Crippen molar-refractivity contribution in [2.75, 3.05) is 0 Å². The highest BCUT2D eigenvalue weighted by Crippen LogP contribution is 2.04. The molecule has 0 aliphatic carbocycles. The monoisotopic (exact) mass is 288 g/mol. The van der Waals surface area contributed by atoms with Crippen LogP contribution in [0.3, 0.4) is 0 Å². The van der Waals surface area contributed by atoms with Crippen LogP contribution in [0.1, 0.15) is 13.3 Å². The summed E-state index contributed by atoms with van der Waals surface area (Å²) in [6.45, 7) is 1.20. The summed E-state index contributed by atoms with van der Waals surface area (Å²) in [6, 6.07) is 0. The van der Waals surface area contributed by atoms with Crippen molar-refractivity contribution in [1.82, 2.24) is 0 Å². The molecular weight excluding hydrogens is 276 g/mol. The number of hydrogen-bond donors (Lipinski definition) is 5. The van der Waals surface area contributed by atoms with Crippen LogP contribution >= 0.6 is 0 Å². The molecule has 0 rings (SSSR count). The lowest BCUT2D eigenvalue weighted by Gasteiger charge is -2.04. The summed E-state index contributed by atoms with van der Waals surface area (Å²) < 4.78 is 28.7. The molecular formula is C7H12O10S. The topological polar surface area (TPSA) is 186 Å². The number of rotatable bonds is 5. The first-order chi connectivity index (χ1) is 7.89. The second kappa shape index (κ2) is 7.58. The molecule has 0 aromatic rings. The highest BCUT2D eigenvalue weighted by Gasteiger charge is 2.33. The maximum Gasteiger partial charge on any atom is 0.332 e. The molecule has 0 aliphatic heterocycles. The predicted molar refractivity (Wildman–Crippen MR) is 54.5 cm³/mol. The maximum atomic E-state index is 10.2. The van der Waals surface area contributed by atoms with Gasteiger partial charge in [-0.2, -0.15) is 8.42 Å². The minimum Gasteiger partial charge on any atom is -0.481 e. The van der Waals surface area contributed by atoms with E-state index in [1.54, 1.807) is 0 Å². The molecule has 0 amide bonds. The van der Waals surface area contributed by atoms with Gasteiger partial charge in [0.15, 0.2) is 5.25 Å². The highest BCUT2D eigenvalue weighted by molar-refractivity contribution is 7.87. The number of hydrogen-bond acceptors (Lipinski definition) is 6. The lowest BCUT2D eigenvalue weighted by Crippen LogP contribution is -2.31. The number of aliphatic carboxylic acids is 3. The predicted octanol–water partition coefficient (Wildman–Crippen LogP) is -1.75. The molecule has 2 atom stereocenters. The van der Waals surface area contributed by atoms with Crippen LogP contribution in [-0.4, -0.2) is 62.7 Å². The van der Waals surface area contributed by atoms with Gasteiger partial charge in [0.25, 0.3) is 10.1 Å². The number of aliphatic hydroxyl groups excluding tert-OH is 1. The fourth-order valence-corrected chi connectivity index (χ4v) is 1.09. The first-order valence-corrected chi connectivity index (χ1v) is 5.71. The molecule has 18 heavy (non-hydrogen) atoms. The van der Waals surface area contributed by atoms with Crippen LogP contribution in [0.25, 0.3) is 0 Å². The van der Waals surface area contributed by atoms with E-state index in [-0.39, 0.29) is 0 Å². The van der Waals surface area contributed by atoms with E-state index in [1.165, 1.54) is 6.92 Å². The summed E-state index contributed by atoms with van der Waals surface area (Å²) in [5.41, 5.74) is 0. The molecule has 0 aromatic carbocycles. The number of carboxylic acid groups (broad SMARTS) is 3.